The predicted octanol–water partition coefficient (Wildman–Crippen LogP) is 0.971. The number of rotatable bonds is 2. The number of ether oxygens (including phenoxy) is 1. The molecule has 1 atom stereocenters. The monoisotopic (exact) mass is 184 g/mol. The van der Waals surface area contributed by atoms with Crippen molar-refractivity contribution in [3.05, 3.63) is 11.6 Å². The van der Waals surface area contributed by atoms with Gasteiger partial charge in [0.05, 0.1) is 13.0 Å². The van der Waals surface area contributed by atoms with Gasteiger partial charge in [0.1, 0.15) is 0 Å². The minimum Gasteiger partial charge on any atom is -0.481 e. The molecule has 0 aliphatic carbocycles. The van der Waals surface area contributed by atoms with Crippen LogP contribution in [0.5, 0.6) is 0 Å². The third-order valence-electron chi connectivity index (χ3n) is 2.11. The molecular weight excluding hydrogens is 172 g/mol. The molecule has 1 saturated heterocycles. The highest BCUT2D eigenvalue weighted by Gasteiger charge is 2.27. The molecular formula is C9H12O4. The van der Waals surface area contributed by atoms with Crippen molar-refractivity contribution in [1.82, 2.24) is 0 Å². The Morgan fingerprint density at radius 3 is 3.00 bits per heavy atom. The summed E-state index contributed by atoms with van der Waals surface area (Å²) in [6.45, 7) is 2.05. The Morgan fingerprint density at radius 1 is 1.77 bits per heavy atom. The van der Waals surface area contributed by atoms with E-state index in [4.69, 9.17) is 9.84 Å². The van der Waals surface area contributed by atoms with Gasteiger partial charge in [-0.3, -0.25) is 4.79 Å². The molecule has 1 rings (SSSR count). The average molecular weight is 184 g/mol. The quantitative estimate of drug-likeness (QED) is 0.513. The Morgan fingerprint density at radius 2 is 2.46 bits per heavy atom. The lowest BCUT2D eigenvalue weighted by Gasteiger charge is -2.22. The fraction of sp³-hybridized carbons (Fsp3) is 0.556. The van der Waals surface area contributed by atoms with Crippen LogP contribution in [-0.4, -0.2) is 23.7 Å². The van der Waals surface area contributed by atoms with Crippen LogP contribution in [0.4, 0.5) is 0 Å². The van der Waals surface area contributed by atoms with Crippen molar-refractivity contribution in [3.63, 3.8) is 0 Å². The van der Waals surface area contributed by atoms with Crippen LogP contribution >= 0.6 is 0 Å². The van der Waals surface area contributed by atoms with Gasteiger partial charge in [-0.15, -0.1) is 0 Å². The number of allylic oxidation sites excluding steroid dienone is 1. The van der Waals surface area contributed by atoms with Crippen molar-refractivity contribution in [2.45, 2.75) is 19.8 Å². The summed E-state index contributed by atoms with van der Waals surface area (Å²) >= 11 is 0. The molecule has 1 N–H and O–H groups in total. The van der Waals surface area contributed by atoms with Gasteiger partial charge < -0.3 is 9.84 Å². The molecule has 0 bridgehead atoms. The molecule has 0 spiro atoms. The van der Waals surface area contributed by atoms with E-state index in [2.05, 4.69) is 0 Å². The largest absolute Gasteiger partial charge is 0.481 e. The van der Waals surface area contributed by atoms with Crippen molar-refractivity contribution in [3.8, 4) is 0 Å². The molecule has 4 nitrogen and oxygen atoms in total. The van der Waals surface area contributed by atoms with Gasteiger partial charge in [0.15, 0.2) is 0 Å². The van der Waals surface area contributed by atoms with Crippen LogP contribution in [0.2, 0.25) is 0 Å². The molecule has 0 saturated carbocycles. The lowest BCUT2D eigenvalue weighted by atomic mass is 9.90. The van der Waals surface area contributed by atoms with E-state index in [-0.39, 0.29) is 18.3 Å². The summed E-state index contributed by atoms with van der Waals surface area (Å²) in [5.74, 6) is -1.43. The number of hydrogen-bond acceptors (Lipinski definition) is 3. The van der Waals surface area contributed by atoms with Crippen LogP contribution in [-0.2, 0) is 14.3 Å². The average Bonchev–Trinajstić information content (AvgIpc) is 2.03. The maximum Gasteiger partial charge on any atom is 0.333 e. The van der Waals surface area contributed by atoms with Gasteiger partial charge in [-0.1, -0.05) is 6.08 Å². The third-order valence-corrected chi connectivity index (χ3v) is 2.11. The van der Waals surface area contributed by atoms with E-state index < -0.39 is 5.97 Å². The van der Waals surface area contributed by atoms with Crippen LogP contribution in [0.25, 0.3) is 0 Å². The second-order valence-corrected chi connectivity index (χ2v) is 2.96. The molecule has 4 heteroatoms. The van der Waals surface area contributed by atoms with E-state index in [1.807, 2.05) is 0 Å². The molecule has 1 aliphatic heterocycles. The number of carbonyl (C=O) groups excluding carboxylic acids is 1. The van der Waals surface area contributed by atoms with Crippen LogP contribution in [0, 0.1) is 5.92 Å². The van der Waals surface area contributed by atoms with Crippen molar-refractivity contribution in [1.29, 1.82) is 0 Å². The number of cyclic esters (lactones) is 1. The van der Waals surface area contributed by atoms with Gasteiger partial charge in [-0.2, -0.15) is 0 Å². The minimum absolute atomic E-state index is 0.00870. The van der Waals surface area contributed by atoms with E-state index in [0.717, 1.165) is 0 Å². The van der Waals surface area contributed by atoms with Gasteiger partial charge in [-0.25, -0.2) is 4.79 Å². The normalized spacial score (nSPS) is 25.8. The fourth-order valence-corrected chi connectivity index (χ4v) is 1.48. The molecule has 1 unspecified atom stereocenters. The van der Waals surface area contributed by atoms with Gasteiger partial charge >= 0.3 is 11.9 Å². The Labute approximate surface area is 76.2 Å². The zero-order valence-electron chi connectivity index (χ0n) is 7.45. The first-order valence-electron chi connectivity index (χ1n) is 4.20. The Hall–Kier alpha value is -1.32. The second-order valence-electron chi connectivity index (χ2n) is 2.96. The summed E-state index contributed by atoms with van der Waals surface area (Å²) in [5, 5.41) is 8.59. The zero-order chi connectivity index (χ0) is 9.84. The van der Waals surface area contributed by atoms with Gasteiger partial charge in [0.2, 0.25) is 0 Å². The molecule has 1 fully saturated rings. The van der Waals surface area contributed by atoms with Crippen LogP contribution < -0.4 is 0 Å². The second kappa shape index (κ2) is 4.07. The van der Waals surface area contributed by atoms with Crippen LogP contribution in [0.3, 0.4) is 0 Å². The van der Waals surface area contributed by atoms with Crippen molar-refractivity contribution < 1.29 is 19.4 Å². The molecule has 0 aromatic carbocycles. The first-order valence-corrected chi connectivity index (χ1v) is 4.20. The van der Waals surface area contributed by atoms with E-state index >= 15 is 0 Å². The first kappa shape index (κ1) is 9.77. The van der Waals surface area contributed by atoms with Crippen molar-refractivity contribution in [2.75, 3.05) is 6.61 Å². The smallest absolute Gasteiger partial charge is 0.333 e. The molecule has 0 aromatic rings. The molecule has 0 aromatic heterocycles. The number of carbonyl (C=O) groups is 2. The number of carboxylic acids is 1. The Kier molecular flexibility index (Phi) is 3.06. The summed E-state index contributed by atoms with van der Waals surface area (Å²) in [6.07, 6.45) is 2.25. The van der Waals surface area contributed by atoms with Gasteiger partial charge in [0, 0.05) is 11.5 Å². The SMILES string of the molecule is C/C=C1\C(=O)OCCC1CC(=O)O. The third kappa shape index (κ3) is 2.31. The highest BCUT2D eigenvalue weighted by molar-refractivity contribution is 5.90. The number of aliphatic carboxylic acids is 1. The maximum absolute atomic E-state index is 11.1. The molecule has 0 radical (unpaired) electrons. The predicted molar refractivity (Wildman–Crippen MR) is 45.1 cm³/mol. The summed E-state index contributed by atoms with van der Waals surface area (Å²) in [4.78, 5) is 21.6. The highest BCUT2D eigenvalue weighted by atomic mass is 16.5. The zero-order valence-corrected chi connectivity index (χ0v) is 7.45. The van der Waals surface area contributed by atoms with E-state index in [9.17, 15) is 9.59 Å². The molecule has 1 heterocycles. The number of carboxylic acid groups (broad SMARTS) is 1. The lowest BCUT2D eigenvalue weighted by molar-refractivity contribution is -0.144. The molecule has 0 amide bonds. The summed E-state index contributed by atoms with van der Waals surface area (Å²) in [6, 6.07) is 0. The molecule has 1 aliphatic rings. The van der Waals surface area contributed by atoms with Gasteiger partial charge in [0.25, 0.3) is 0 Å². The van der Waals surface area contributed by atoms with E-state index in [0.29, 0.717) is 18.6 Å². The topological polar surface area (TPSA) is 63.6 Å². The standard InChI is InChI=1S/C9H12O4/c1-2-7-6(5-8(10)11)3-4-13-9(7)12/h2,6H,3-5H2,1H3,(H,10,11)/b7-2-. The summed E-state index contributed by atoms with van der Waals surface area (Å²) in [5.41, 5.74) is 0.494. The first-order chi connectivity index (χ1) is 6.15. The van der Waals surface area contributed by atoms with Crippen molar-refractivity contribution in [2.24, 2.45) is 5.92 Å². The minimum atomic E-state index is -0.876. The Balaban J connectivity index is 2.71. The lowest BCUT2D eigenvalue weighted by Crippen LogP contribution is -2.26. The highest BCUT2D eigenvalue weighted by Crippen LogP contribution is 2.25. The molecule has 13 heavy (non-hydrogen) atoms. The van der Waals surface area contributed by atoms with Crippen LogP contribution in [0.15, 0.2) is 11.6 Å². The van der Waals surface area contributed by atoms with Crippen LogP contribution in [0.1, 0.15) is 19.8 Å². The maximum atomic E-state index is 11.1. The van der Waals surface area contributed by atoms with Crippen molar-refractivity contribution >= 4 is 11.9 Å². The Bertz CT molecular complexity index is 254. The summed E-state index contributed by atoms with van der Waals surface area (Å²) in [7, 11) is 0. The van der Waals surface area contributed by atoms with E-state index in [1.165, 1.54) is 0 Å². The number of esters is 1. The number of hydrogen-bond donors (Lipinski definition) is 1. The van der Waals surface area contributed by atoms with Gasteiger partial charge in [-0.05, 0) is 13.3 Å². The summed E-state index contributed by atoms with van der Waals surface area (Å²) < 4.78 is 4.79. The van der Waals surface area contributed by atoms with E-state index in [1.54, 1.807) is 13.0 Å². The molecule has 72 valence electrons. The fourth-order valence-electron chi connectivity index (χ4n) is 1.48.